The summed E-state index contributed by atoms with van der Waals surface area (Å²) in [6, 6.07) is 4.19. The summed E-state index contributed by atoms with van der Waals surface area (Å²) >= 11 is 0. The number of hydrogen-bond acceptors (Lipinski definition) is 4. The molecule has 0 aromatic heterocycles. The van der Waals surface area contributed by atoms with E-state index in [1.807, 2.05) is 0 Å². The van der Waals surface area contributed by atoms with E-state index in [0.29, 0.717) is 0 Å². The molecule has 1 atom stereocenters. The fourth-order valence-corrected chi connectivity index (χ4v) is 1.41. The third kappa shape index (κ3) is 1.02. The first-order chi connectivity index (χ1) is 6.61. The number of carboxylic acids is 1. The van der Waals surface area contributed by atoms with E-state index >= 15 is 0 Å². The van der Waals surface area contributed by atoms with E-state index < -0.39 is 18.0 Å². The number of phenols is 1. The molecule has 0 spiro atoms. The standard InChI is InChI=1S/C9H6O5/c10-5-3-1-2-4-6(5)7(8(11)12)14-9(4)13/h1-3,7,10H,(H,11,12). The largest absolute Gasteiger partial charge is 0.507 e. The minimum absolute atomic E-state index is 0.0324. The van der Waals surface area contributed by atoms with Crippen LogP contribution in [0.25, 0.3) is 0 Å². The van der Waals surface area contributed by atoms with Crippen molar-refractivity contribution in [3.63, 3.8) is 0 Å². The van der Waals surface area contributed by atoms with Crippen LogP contribution in [0.5, 0.6) is 5.75 Å². The number of aliphatic carboxylic acids is 1. The SMILES string of the molecule is O=C1OC(C(=O)O)c2c(O)cccc21. The first kappa shape index (κ1) is 8.55. The van der Waals surface area contributed by atoms with Crippen molar-refractivity contribution in [1.82, 2.24) is 0 Å². The van der Waals surface area contributed by atoms with Crippen LogP contribution in [0, 0.1) is 0 Å². The molecule has 0 radical (unpaired) electrons. The van der Waals surface area contributed by atoms with Crippen LogP contribution < -0.4 is 0 Å². The number of aromatic hydroxyl groups is 1. The molecule has 1 unspecified atom stereocenters. The van der Waals surface area contributed by atoms with Gasteiger partial charge >= 0.3 is 11.9 Å². The Morgan fingerprint density at radius 2 is 2.14 bits per heavy atom. The summed E-state index contributed by atoms with van der Waals surface area (Å²) in [6.45, 7) is 0. The summed E-state index contributed by atoms with van der Waals surface area (Å²) < 4.78 is 4.58. The van der Waals surface area contributed by atoms with Crippen LogP contribution in [-0.4, -0.2) is 22.2 Å². The summed E-state index contributed by atoms with van der Waals surface area (Å²) in [6.07, 6.45) is -1.39. The molecule has 5 heteroatoms. The molecule has 0 bridgehead atoms. The van der Waals surface area contributed by atoms with Crippen molar-refractivity contribution in [2.24, 2.45) is 0 Å². The lowest BCUT2D eigenvalue weighted by Gasteiger charge is -2.05. The number of esters is 1. The highest BCUT2D eigenvalue weighted by Gasteiger charge is 2.38. The highest BCUT2D eigenvalue weighted by atomic mass is 16.6. The van der Waals surface area contributed by atoms with Crippen LogP contribution in [0.15, 0.2) is 18.2 Å². The number of carbonyl (C=O) groups excluding carboxylic acids is 1. The van der Waals surface area contributed by atoms with E-state index in [2.05, 4.69) is 4.74 Å². The van der Waals surface area contributed by atoms with Gasteiger partial charge in [-0.25, -0.2) is 9.59 Å². The zero-order valence-corrected chi connectivity index (χ0v) is 6.93. The van der Waals surface area contributed by atoms with E-state index in [1.54, 1.807) is 0 Å². The Morgan fingerprint density at radius 3 is 2.79 bits per heavy atom. The lowest BCUT2D eigenvalue weighted by Crippen LogP contribution is -2.10. The van der Waals surface area contributed by atoms with Crippen molar-refractivity contribution in [1.29, 1.82) is 0 Å². The van der Waals surface area contributed by atoms with Gasteiger partial charge in [-0.3, -0.25) is 0 Å². The molecule has 1 heterocycles. The van der Waals surface area contributed by atoms with Crippen molar-refractivity contribution >= 4 is 11.9 Å². The minimum Gasteiger partial charge on any atom is -0.507 e. The number of hydrogen-bond donors (Lipinski definition) is 2. The molecule has 5 nitrogen and oxygen atoms in total. The van der Waals surface area contributed by atoms with Crippen LogP contribution in [0.4, 0.5) is 0 Å². The first-order valence-electron chi connectivity index (χ1n) is 3.87. The van der Waals surface area contributed by atoms with Crippen LogP contribution in [-0.2, 0) is 9.53 Å². The summed E-state index contributed by atoms with van der Waals surface area (Å²) in [4.78, 5) is 21.8. The van der Waals surface area contributed by atoms with Gasteiger partial charge in [0.1, 0.15) is 5.75 Å². The predicted molar refractivity (Wildman–Crippen MR) is 43.9 cm³/mol. The maximum absolute atomic E-state index is 11.1. The number of carbonyl (C=O) groups is 2. The van der Waals surface area contributed by atoms with Crippen molar-refractivity contribution < 1.29 is 24.5 Å². The molecule has 0 fully saturated rings. The number of benzene rings is 1. The molecule has 0 saturated heterocycles. The van der Waals surface area contributed by atoms with Gasteiger partial charge in [0.2, 0.25) is 6.10 Å². The number of phenolic OH excluding ortho intramolecular Hbond substituents is 1. The van der Waals surface area contributed by atoms with Gasteiger partial charge in [0.15, 0.2) is 0 Å². The number of cyclic esters (lactones) is 1. The molecular formula is C9H6O5. The van der Waals surface area contributed by atoms with Crippen LogP contribution in [0.3, 0.4) is 0 Å². The summed E-state index contributed by atoms with van der Waals surface area (Å²) in [5.41, 5.74) is 0.141. The smallest absolute Gasteiger partial charge is 0.349 e. The fraction of sp³-hybridized carbons (Fsp3) is 0.111. The molecule has 1 aromatic rings. The van der Waals surface area contributed by atoms with E-state index in [4.69, 9.17) is 5.11 Å². The number of ether oxygens (including phenoxy) is 1. The Hall–Kier alpha value is -2.04. The second-order valence-electron chi connectivity index (χ2n) is 2.86. The van der Waals surface area contributed by atoms with Gasteiger partial charge in [-0.2, -0.15) is 0 Å². The second-order valence-corrected chi connectivity index (χ2v) is 2.86. The lowest BCUT2D eigenvalue weighted by atomic mass is 10.0. The summed E-state index contributed by atoms with van der Waals surface area (Å²) in [7, 11) is 0. The summed E-state index contributed by atoms with van der Waals surface area (Å²) in [5, 5.41) is 18.1. The van der Waals surface area contributed by atoms with Crippen LogP contribution >= 0.6 is 0 Å². The third-order valence-electron chi connectivity index (χ3n) is 2.01. The predicted octanol–water partition coefficient (Wildman–Crippen LogP) is 0.688. The van der Waals surface area contributed by atoms with Crippen molar-refractivity contribution in [2.75, 3.05) is 0 Å². The number of rotatable bonds is 1. The molecule has 0 amide bonds. The van der Waals surface area contributed by atoms with Gasteiger partial charge in [0.05, 0.1) is 11.1 Å². The number of carboxylic acid groups (broad SMARTS) is 1. The molecule has 1 aromatic carbocycles. The lowest BCUT2D eigenvalue weighted by molar-refractivity contribution is -0.146. The average molecular weight is 194 g/mol. The van der Waals surface area contributed by atoms with Gasteiger partial charge in [-0.1, -0.05) is 6.07 Å². The Balaban J connectivity index is 2.62. The van der Waals surface area contributed by atoms with E-state index in [-0.39, 0.29) is 16.9 Å². The maximum Gasteiger partial charge on any atom is 0.349 e. The van der Waals surface area contributed by atoms with Crippen molar-refractivity contribution in [3.05, 3.63) is 29.3 Å². The molecule has 1 aliphatic rings. The van der Waals surface area contributed by atoms with E-state index in [9.17, 15) is 14.7 Å². The Bertz CT molecular complexity index is 423. The molecule has 0 saturated carbocycles. The van der Waals surface area contributed by atoms with Gasteiger partial charge in [0.25, 0.3) is 0 Å². The van der Waals surface area contributed by atoms with Crippen molar-refractivity contribution in [3.8, 4) is 5.75 Å². The van der Waals surface area contributed by atoms with Gasteiger partial charge < -0.3 is 14.9 Å². The van der Waals surface area contributed by atoms with Gasteiger partial charge in [0, 0.05) is 0 Å². The molecule has 2 N–H and O–H groups in total. The Kier molecular flexibility index (Phi) is 1.67. The highest BCUT2D eigenvalue weighted by molar-refractivity contribution is 5.99. The quantitative estimate of drug-likeness (QED) is 0.642. The molecule has 0 aliphatic carbocycles. The van der Waals surface area contributed by atoms with Gasteiger partial charge in [-0.15, -0.1) is 0 Å². The topological polar surface area (TPSA) is 83.8 Å². The monoisotopic (exact) mass is 194 g/mol. The highest BCUT2D eigenvalue weighted by Crippen LogP contribution is 2.36. The Labute approximate surface area is 78.5 Å². The fourth-order valence-electron chi connectivity index (χ4n) is 1.41. The van der Waals surface area contributed by atoms with Crippen LogP contribution in [0.2, 0.25) is 0 Å². The zero-order chi connectivity index (χ0) is 10.3. The van der Waals surface area contributed by atoms with Crippen molar-refractivity contribution in [2.45, 2.75) is 6.10 Å². The molecular weight excluding hydrogens is 188 g/mol. The normalized spacial score (nSPS) is 18.9. The Morgan fingerprint density at radius 1 is 1.43 bits per heavy atom. The first-order valence-corrected chi connectivity index (χ1v) is 3.87. The molecule has 1 aliphatic heterocycles. The number of fused-ring (bicyclic) bond motifs is 1. The summed E-state index contributed by atoms with van der Waals surface area (Å²) in [5.74, 6) is -2.25. The molecule has 72 valence electrons. The second kappa shape index (κ2) is 2.73. The molecule has 14 heavy (non-hydrogen) atoms. The van der Waals surface area contributed by atoms with E-state index in [0.717, 1.165) is 0 Å². The average Bonchev–Trinajstić information content (AvgIpc) is 2.46. The molecule has 2 rings (SSSR count). The van der Waals surface area contributed by atoms with Crippen LogP contribution in [0.1, 0.15) is 22.0 Å². The van der Waals surface area contributed by atoms with Gasteiger partial charge in [-0.05, 0) is 12.1 Å². The third-order valence-corrected chi connectivity index (χ3v) is 2.01. The van der Waals surface area contributed by atoms with E-state index in [1.165, 1.54) is 18.2 Å². The minimum atomic E-state index is -1.39. The maximum atomic E-state index is 11.1. The zero-order valence-electron chi connectivity index (χ0n) is 6.93.